The number of aromatic nitrogens is 1. The van der Waals surface area contributed by atoms with Crippen molar-refractivity contribution in [1.29, 1.82) is 0 Å². The van der Waals surface area contributed by atoms with E-state index in [4.69, 9.17) is 0 Å². The maximum Gasteiger partial charge on any atom is 0.255 e. The zero-order chi connectivity index (χ0) is 15.5. The Morgan fingerprint density at radius 2 is 1.90 bits per heavy atom. The fraction of sp³-hybridized carbons (Fsp3) is 0.462. The van der Waals surface area contributed by atoms with Crippen LogP contribution in [0.5, 0.6) is 0 Å². The molecule has 0 saturated carbocycles. The predicted octanol–water partition coefficient (Wildman–Crippen LogP) is 1.39. The van der Waals surface area contributed by atoms with Crippen molar-refractivity contribution in [2.75, 3.05) is 0 Å². The quantitative estimate of drug-likeness (QED) is 0.824. The molecule has 20 heavy (non-hydrogen) atoms. The zero-order valence-electron chi connectivity index (χ0n) is 11.8. The van der Waals surface area contributed by atoms with Crippen LogP contribution in [0.15, 0.2) is 12.3 Å². The summed E-state index contributed by atoms with van der Waals surface area (Å²) < 4.78 is 26.3. The first-order valence-corrected chi connectivity index (χ1v) is 6.04. The number of nitrogens with zero attached hydrogens (tertiary/aromatic N) is 1. The molecule has 2 N–H and O–H groups in total. The van der Waals surface area contributed by atoms with Crippen molar-refractivity contribution in [3.63, 3.8) is 0 Å². The van der Waals surface area contributed by atoms with Crippen molar-refractivity contribution in [1.82, 2.24) is 15.6 Å². The minimum atomic E-state index is -1.36. The lowest BCUT2D eigenvalue weighted by atomic mass is 10.1. The van der Waals surface area contributed by atoms with E-state index in [0.29, 0.717) is 0 Å². The molecule has 0 radical (unpaired) electrons. The maximum atomic E-state index is 13.4. The van der Waals surface area contributed by atoms with Crippen LogP contribution >= 0.6 is 0 Å². The molecule has 1 aromatic rings. The van der Waals surface area contributed by atoms with E-state index in [0.717, 1.165) is 12.3 Å². The first-order chi connectivity index (χ1) is 9.11. The Morgan fingerprint density at radius 3 is 2.45 bits per heavy atom. The molecule has 5 nitrogen and oxygen atoms in total. The van der Waals surface area contributed by atoms with Gasteiger partial charge in [0.1, 0.15) is 6.04 Å². The highest BCUT2D eigenvalue weighted by molar-refractivity contribution is 5.97. The van der Waals surface area contributed by atoms with Crippen LogP contribution in [0.25, 0.3) is 0 Å². The lowest BCUT2D eigenvalue weighted by molar-refractivity contribution is -0.124. The van der Waals surface area contributed by atoms with Crippen molar-refractivity contribution < 1.29 is 18.4 Å². The van der Waals surface area contributed by atoms with Crippen LogP contribution in [0.4, 0.5) is 8.78 Å². The van der Waals surface area contributed by atoms with Crippen molar-refractivity contribution in [2.45, 2.75) is 39.3 Å². The number of hydrogen-bond acceptors (Lipinski definition) is 3. The summed E-state index contributed by atoms with van der Waals surface area (Å²) >= 11 is 0. The average molecular weight is 285 g/mol. The molecule has 1 heterocycles. The molecule has 0 bridgehead atoms. The topological polar surface area (TPSA) is 71.1 Å². The molecule has 0 aliphatic carbocycles. The van der Waals surface area contributed by atoms with E-state index in [1.807, 2.05) is 0 Å². The van der Waals surface area contributed by atoms with E-state index in [1.165, 1.54) is 6.92 Å². The summed E-state index contributed by atoms with van der Waals surface area (Å²) in [7, 11) is 0. The van der Waals surface area contributed by atoms with Gasteiger partial charge in [0, 0.05) is 11.7 Å². The van der Waals surface area contributed by atoms with Gasteiger partial charge in [-0.05, 0) is 33.8 Å². The lowest BCUT2D eigenvalue weighted by Crippen LogP contribution is -2.50. The van der Waals surface area contributed by atoms with Gasteiger partial charge in [0.05, 0.1) is 5.56 Å². The number of rotatable bonds is 3. The third kappa shape index (κ3) is 4.25. The largest absolute Gasteiger partial charge is 0.350 e. The molecule has 1 atom stereocenters. The predicted molar refractivity (Wildman–Crippen MR) is 69.0 cm³/mol. The third-order valence-corrected chi connectivity index (χ3v) is 2.33. The first kappa shape index (κ1) is 16.0. The van der Waals surface area contributed by atoms with Gasteiger partial charge in [-0.25, -0.2) is 9.37 Å². The molecule has 0 fully saturated rings. The van der Waals surface area contributed by atoms with Crippen molar-refractivity contribution in [3.8, 4) is 0 Å². The van der Waals surface area contributed by atoms with E-state index < -0.39 is 40.7 Å². The van der Waals surface area contributed by atoms with Crippen LogP contribution in [0.1, 0.15) is 38.1 Å². The molecule has 0 saturated heterocycles. The van der Waals surface area contributed by atoms with E-state index in [-0.39, 0.29) is 0 Å². The van der Waals surface area contributed by atoms with Gasteiger partial charge in [-0.2, -0.15) is 4.39 Å². The number of pyridine rings is 1. The number of amides is 2. The summed E-state index contributed by atoms with van der Waals surface area (Å²) in [5, 5.41) is 4.97. The Balaban J connectivity index is 2.76. The summed E-state index contributed by atoms with van der Waals surface area (Å²) in [5.74, 6) is -3.99. The number of carbonyl (C=O) groups excluding carboxylic acids is 2. The molecule has 2 amide bonds. The van der Waals surface area contributed by atoms with Crippen LogP contribution in [0.3, 0.4) is 0 Å². The standard InChI is InChI=1S/C13H17F2N3O2/c1-7(11(19)18-13(2,3)4)17-12(20)8-5-6-16-10(15)9(8)14/h5-7H,1-4H3,(H,17,20)(H,18,19). The lowest BCUT2D eigenvalue weighted by Gasteiger charge is -2.23. The normalized spacial score (nSPS) is 12.7. The van der Waals surface area contributed by atoms with E-state index in [9.17, 15) is 18.4 Å². The highest BCUT2D eigenvalue weighted by atomic mass is 19.2. The smallest absolute Gasteiger partial charge is 0.255 e. The van der Waals surface area contributed by atoms with Gasteiger partial charge in [0.2, 0.25) is 11.9 Å². The Bertz CT molecular complexity index is 527. The molecule has 0 spiro atoms. The third-order valence-electron chi connectivity index (χ3n) is 2.33. The van der Waals surface area contributed by atoms with Gasteiger partial charge in [-0.15, -0.1) is 0 Å². The number of halogens is 2. The molecule has 1 aromatic heterocycles. The Kier molecular flexibility index (Phi) is 4.75. The highest BCUT2D eigenvalue weighted by Gasteiger charge is 2.23. The molecule has 0 aromatic carbocycles. The van der Waals surface area contributed by atoms with E-state index >= 15 is 0 Å². The second-order valence-electron chi connectivity index (χ2n) is 5.40. The van der Waals surface area contributed by atoms with E-state index in [1.54, 1.807) is 20.8 Å². The van der Waals surface area contributed by atoms with Gasteiger partial charge in [-0.1, -0.05) is 0 Å². The fourth-order valence-electron chi connectivity index (χ4n) is 1.41. The molecule has 1 rings (SSSR count). The second-order valence-corrected chi connectivity index (χ2v) is 5.40. The highest BCUT2D eigenvalue weighted by Crippen LogP contribution is 2.09. The first-order valence-electron chi connectivity index (χ1n) is 6.04. The van der Waals surface area contributed by atoms with Gasteiger partial charge < -0.3 is 10.6 Å². The van der Waals surface area contributed by atoms with Crippen LogP contribution in [0.2, 0.25) is 0 Å². The summed E-state index contributed by atoms with van der Waals surface area (Å²) in [4.78, 5) is 26.6. The SMILES string of the molecule is CC(NC(=O)c1ccnc(F)c1F)C(=O)NC(C)(C)C. The monoisotopic (exact) mass is 285 g/mol. The van der Waals surface area contributed by atoms with Gasteiger partial charge in [0.25, 0.3) is 5.91 Å². The van der Waals surface area contributed by atoms with Gasteiger partial charge >= 0.3 is 0 Å². The van der Waals surface area contributed by atoms with Gasteiger partial charge in [0.15, 0.2) is 5.82 Å². The van der Waals surface area contributed by atoms with Crippen LogP contribution in [-0.4, -0.2) is 28.4 Å². The minimum Gasteiger partial charge on any atom is -0.350 e. The zero-order valence-corrected chi connectivity index (χ0v) is 11.8. The minimum absolute atomic E-state index is 0.416. The average Bonchev–Trinajstić information content (AvgIpc) is 2.30. The van der Waals surface area contributed by atoms with E-state index in [2.05, 4.69) is 15.6 Å². The summed E-state index contributed by atoms with van der Waals surface area (Å²) in [6.45, 7) is 6.82. The summed E-state index contributed by atoms with van der Waals surface area (Å²) in [6.07, 6.45) is 0.979. The van der Waals surface area contributed by atoms with Crippen LogP contribution in [-0.2, 0) is 4.79 Å². The second kappa shape index (κ2) is 5.94. The fourth-order valence-corrected chi connectivity index (χ4v) is 1.41. The molecule has 1 unspecified atom stereocenters. The molecule has 0 aliphatic heterocycles. The summed E-state index contributed by atoms with van der Waals surface area (Å²) in [6, 6.07) is 0.166. The van der Waals surface area contributed by atoms with Gasteiger partial charge in [-0.3, -0.25) is 9.59 Å². The summed E-state index contributed by atoms with van der Waals surface area (Å²) in [5.41, 5.74) is -0.947. The van der Waals surface area contributed by atoms with Crippen molar-refractivity contribution in [3.05, 3.63) is 29.6 Å². The number of nitrogens with one attached hydrogen (secondary N) is 2. The molecule has 0 aliphatic rings. The van der Waals surface area contributed by atoms with Crippen LogP contribution < -0.4 is 10.6 Å². The molecular weight excluding hydrogens is 268 g/mol. The molecular formula is C13H17F2N3O2. The van der Waals surface area contributed by atoms with Crippen molar-refractivity contribution >= 4 is 11.8 Å². The molecule has 7 heteroatoms. The number of carbonyl (C=O) groups is 2. The Hall–Kier alpha value is -2.05. The maximum absolute atomic E-state index is 13.4. The Labute approximate surface area is 115 Å². The van der Waals surface area contributed by atoms with Crippen molar-refractivity contribution in [2.24, 2.45) is 0 Å². The number of hydrogen-bond donors (Lipinski definition) is 2. The molecule has 110 valence electrons. The Morgan fingerprint density at radius 1 is 1.30 bits per heavy atom. The van der Waals surface area contributed by atoms with Crippen LogP contribution in [0, 0.1) is 11.8 Å².